The van der Waals surface area contributed by atoms with Crippen LogP contribution in [0.3, 0.4) is 0 Å². The minimum atomic E-state index is -1.03. The summed E-state index contributed by atoms with van der Waals surface area (Å²) in [6.45, 7) is 6.33. The molecule has 0 saturated carbocycles. The predicted octanol–water partition coefficient (Wildman–Crippen LogP) is 1.19. The van der Waals surface area contributed by atoms with Crippen molar-refractivity contribution in [3.63, 3.8) is 0 Å². The fraction of sp³-hybridized carbons (Fsp3) is 0.727. The molecule has 0 fully saturated rings. The maximum atomic E-state index is 11.5. The van der Waals surface area contributed by atoms with E-state index in [2.05, 4.69) is 5.32 Å². The first-order valence-corrected chi connectivity index (χ1v) is 5.46. The van der Waals surface area contributed by atoms with Crippen molar-refractivity contribution in [2.45, 2.75) is 46.3 Å². The molecule has 0 aromatic heterocycles. The molecule has 2 unspecified atom stereocenters. The van der Waals surface area contributed by atoms with E-state index >= 15 is 0 Å². The monoisotopic (exact) mass is 245 g/mol. The van der Waals surface area contributed by atoms with Crippen LogP contribution in [0.15, 0.2) is 0 Å². The lowest BCUT2D eigenvalue weighted by atomic mass is 10.0. The van der Waals surface area contributed by atoms with Gasteiger partial charge in [0.2, 0.25) is 0 Å². The van der Waals surface area contributed by atoms with Crippen molar-refractivity contribution in [3.8, 4) is 0 Å². The van der Waals surface area contributed by atoms with Crippen molar-refractivity contribution in [2.24, 2.45) is 5.92 Å². The van der Waals surface area contributed by atoms with Gasteiger partial charge in [0, 0.05) is 6.42 Å². The molecule has 0 radical (unpaired) electrons. The Hall–Kier alpha value is -1.59. The number of nitrogens with one attached hydrogen (secondary N) is 1. The van der Waals surface area contributed by atoms with E-state index in [1.807, 2.05) is 0 Å². The SMILES string of the molecule is CC(C)OC(=O)NC(C)C(=O)CC(C)C(=O)O. The maximum absolute atomic E-state index is 11.5. The highest BCUT2D eigenvalue weighted by atomic mass is 16.6. The third kappa shape index (κ3) is 6.55. The molecule has 0 aliphatic rings. The molecule has 17 heavy (non-hydrogen) atoms. The summed E-state index contributed by atoms with van der Waals surface area (Å²) in [5.41, 5.74) is 0. The second kappa shape index (κ2) is 6.88. The van der Waals surface area contributed by atoms with E-state index in [1.54, 1.807) is 13.8 Å². The van der Waals surface area contributed by atoms with Gasteiger partial charge in [0.05, 0.1) is 18.1 Å². The van der Waals surface area contributed by atoms with Gasteiger partial charge in [-0.15, -0.1) is 0 Å². The molecule has 2 atom stereocenters. The van der Waals surface area contributed by atoms with Gasteiger partial charge in [-0.25, -0.2) is 4.79 Å². The smallest absolute Gasteiger partial charge is 0.407 e. The van der Waals surface area contributed by atoms with E-state index in [1.165, 1.54) is 13.8 Å². The number of aliphatic carboxylic acids is 1. The number of carbonyl (C=O) groups is 3. The summed E-state index contributed by atoms with van der Waals surface area (Å²) in [6, 6.07) is -0.747. The zero-order chi connectivity index (χ0) is 13.6. The Morgan fingerprint density at radius 1 is 1.18 bits per heavy atom. The summed E-state index contributed by atoms with van der Waals surface area (Å²) in [7, 11) is 0. The highest BCUT2D eigenvalue weighted by Gasteiger charge is 2.22. The van der Waals surface area contributed by atoms with Crippen molar-refractivity contribution in [2.75, 3.05) is 0 Å². The molecule has 0 bridgehead atoms. The second-order valence-electron chi connectivity index (χ2n) is 4.23. The molecular weight excluding hydrogens is 226 g/mol. The van der Waals surface area contributed by atoms with E-state index in [0.717, 1.165) is 0 Å². The Kier molecular flexibility index (Phi) is 6.23. The number of carboxylic acids is 1. The van der Waals surface area contributed by atoms with Gasteiger partial charge in [-0.1, -0.05) is 6.92 Å². The van der Waals surface area contributed by atoms with Crippen LogP contribution in [0.2, 0.25) is 0 Å². The molecule has 0 aromatic rings. The van der Waals surface area contributed by atoms with Crippen LogP contribution in [0.5, 0.6) is 0 Å². The summed E-state index contributed by atoms with van der Waals surface area (Å²) in [6.07, 6.45) is -1.06. The van der Waals surface area contributed by atoms with Gasteiger partial charge in [-0.3, -0.25) is 9.59 Å². The molecule has 0 rings (SSSR count). The zero-order valence-electron chi connectivity index (χ0n) is 10.5. The third-order valence-electron chi connectivity index (χ3n) is 2.09. The molecular formula is C11H19NO5. The molecule has 6 heteroatoms. The van der Waals surface area contributed by atoms with Gasteiger partial charge in [0.25, 0.3) is 0 Å². The summed E-state index contributed by atoms with van der Waals surface area (Å²) in [4.78, 5) is 33.3. The van der Waals surface area contributed by atoms with Crippen molar-refractivity contribution >= 4 is 17.8 Å². The van der Waals surface area contributed by atoms with Crippen LogP contribution in [0, 0.1) is 5.92 Å². The fourth-order valence-electron chi connectivity index (χ4n) is 1.07. The minimum Gasteiger partial charge on any atom is -0.481 e. The predicted molar refractivity (Wildman–Crippen MR) is 60.6 cm³/mol. The number of ketones is 1. The zero-order valence-corrected chi connectivity index (χ0v) is 10.5. The number of amides is 1. The Balaban J connectivity index is 4.14. The summed E-state index contributed by atoms with van der Waals surface area (Å²) >= 11 is 0. The maximum Gasteiger partial charge on any atom is 0.407 e. The molecule has 98 valence electrons. The Morgan fingerprint density at radius 3 is 2.12 bits per heavy atom. The molecule has 0 heterocycles. The van der Waals surface area contributed by atoms with Crippen LogP contribution in [-0.4, -0.2) is 35.1 Å². The van der Waals surface area contributed by atoms with Gasteiger partial charge < -0.3 is 15.2 Å². The van der Waals surface area contributed by atoms with E-state index in [4.69, 9.17) is 9.84 Å². The van der Waals surface area contributed by atoms with Gasteiger partial charge in [0.1, 0.15) is 0 Å². The molecule has 1 amide bonds. The average Bonchev–Trinajstić information content (AvgIpc) is 2.15. The molecule has 6 nitrogen and oxygen atoms in total. The lowest BCUT2D eigenvalue weighted by Gasteiger charge is -2.15. The first-order valence-electron chi connectivity index (χ1n) is 5.46. The van der Waals surface area contributed by atoms with Crippen molar-refractivity contribution in [1.29, 1.82) is 0 Å². The summed E-state index contributed by atoms with van der Waals surface area (Å²) in [5, 5.41) is 11.0. The fourth-order valence-corrected chi connectivity index (χ4v) is 1.07. The highest BCUT2D eigenvalue weighted by molar-refractivity contribution is 5.89. The van der Waals surface area contributed by atoms with Crippen LogP contribution in [0.1, 0.15) is 34.1 Å². The van der Waals surface area contributed by atoms with Gasteiger partial charge in [-0.2, -0.15) is 0 Å². The Labute approximate surface area is 100 Å². The van der Waals surface area contributed by atoms with Gasteiger partial charge in [0.15, 0.2) is 5.78 Å². The van der Waals surface area contributed by atoms with Crippen molar-refractivity contribution in [3.05, 3.63) is 0 Å². The quantitative estimate of drug-likeness (QED) is 0.733. The number of Topliss-reactive ketones (excluding diaryl/α,β-unsaturated/α-hetero) is 1. The molecule has 0 aliphatic carbocycles. The largest absolute Gasteiger partial charge is 0.481 e. The Morgan fingerprint density at radius 2 is 1.71 bits per heavy atom. The molecule has 0 saturated heterocycles. The molecule has 2 N–H and O–H groups in total. The van der Waals surface area contributed by atoms with Crippen molar-refractivity contribution in [1.82, 2.24) is 5.32 Å². The van der Waals surface area contributed by atoms with Crippen LogP contribution in [0.25, 0.3) is 0 Å². The number of alkyl carbamates (subject to hydrolysis) is 1. The molecule has 0 aromatic carbocycles. The summed E-state index contributed by atoms with van der Waals surface area (Å²) < 4.78 is 4.80. The van der Waals surface area contributed by atoms with Crippen LogP contribution >= 0.6 is 0 Å². The van der Waals surface area contributed by atoms with Gasteiger partial charge in [-0.05, 0) is 20.8 Å². The third-order valence-corrected chi connectivity index (χ3v) is 2.09. The van der Waals surface area contributed by atoms with Crippen molar-refractivity contribution < 1.29 is 24.2 Å². The topological polar surface area (TPSA) is 92.7 Å². The number of hydrogen-bond acceptors (Lipinski definition) is 4. The minimum absolute atomic E-state index is 0.113. The number of rotatable bonds is 6. The Bertz CT molecular complexity index is 300. The number of carboxylic acid groups (broad SMARTS) is 1. The van der Waals surface area contributed by atoms with E-state index < -0.39 is 24.0 Å². The summed E-state index contributed by atoms with van der Waals surface area (Å²) in [5.74, 6) is -2.12. The van der Waals surface area contributed by atoms with Crippen LogP contribution < -0.4 is 5.32 Å². The highest BCUT2D eigenvalue weighted by Crippen LogP contribution is 2.05. The van der Waals surface area contributed by atoms with Gasteiger partial charge >= 0.3 is 12.1 Å². The lowest BCUT2D eigenvalue weighted by molar-refractivity contribution is -0.143. The van der Waals surface area contributed by atoms with Crippen LogP contribution in [-0.2, 0) is 14.3 Å². The standard InChI is InChI=1S/C11H19NO5/c1-6(2)17-11(16)12-8(4)9(13)5-7(3)10(14)15/h6-8H,5H2,1-4H3,(H,12,16)(H,14,15). The number of ether oxygens (including phenoxy) is 1. The molecule has 0 spiro atoms. The van der Waals surface area contributed by atoms with Crippen LogP contribution in [0.4, 0.5) is 4.79 Å². The lowest BCUT2D eigenvalue weighted by Crippen LogP contribution is -2.40. The average molecular weight is 245 g/mol. The second-order valence-corrected chi connectivity index (χ2v) is 4.23. The first-order chi connectivity index (χ1) is 7.73. The number of carbonyl (C=O) groups excluding carboxylic acids is 2. The van der Waals surface area contributed by atoms with E-state index in [0.29, 0.717) is 0 Å². The number of hydrogen-bond donors (Lipinski definition) is 2. The van der Waals surface area contributed by atoms with E-state index in [9.17, 15) is 14.4 Å². The normalized spacial score (nSPS) is 13.9. The first kappa shape index (κ1) is 15.4. The van der Waals surface area contributed by atoms with E-state index in [-0.39, 0.29) is 18.3 Å². The molecule has 0 aliphatic heterocycles.